The van der Waals surface area contributed by atoms with Gasteiger partial charge in [-0.1, -0.05) is 45.8 Å². The highest BCUT2D eigenvalue weighted by molar-refractivity contribution is 9.10. The van der Waals surface area contributed by atoms with Gasteiger partial charge in [0, 0.05) is 17.4 Å². The Morgan fingerprint density at radius 2 is 1.96 bits per heavy atom. The predicted octanol–water partition coefficient (Wildman–Crippen LogP) is 3.42. The van der Waals surface area contributed by atoms with Crippen molar-refractivity contribution in [2.75, 3.05) is 13.1 Å². The molecule has 1 aliphatic heterocycles. The highest BCUT2D eigenvalue weighted by Gasteiger charge is 2.33. The van der Waals surface area contributed by atoms with Crippen LogP contribution in [0.3, 0.4) is 0 Å². The molecule has 0 saturated carbocycles. The van der Waals surface area contributed by atoms with Gasteiger partial charge >= 0.3 is 0 Å². The smallest absolute Gasteiger partial charge is 0.252 e. The maximum atomic E-state index is 14.7. The Morgan fingerprint density at radius 3 is 2.61 bits per heavy atom. The lowest BCUT2D eigenvalue weighted by atomic mass is 10.0. The minimum absolute atomic E-state index is 0.0300. The SMILES string of the molecule is Cc1ccc(CC(=O)N2CC[C@H](Oc3ccc(Br)cc3C(N)=O)[C@H](F)C2)cc1. The van der Waals surface area contributed by atoms with Gasteiger partial charge in [0.1, 0.15) is 11.9 Å². The summed E-state index contributed by atoms with van der Waals surface area (Å²) in [6.07, 6.45) is -1.49. The van der Waals surface area contributed by atoms with E-state index in [1.165, 1.54) is 4.90 Å². The van der Waals surface area contributed by atoms with E-state index in [1.54, 1.807) is 18.2 Å². The highest BCUT2D eigenvalue weighted by Crippen LogP contribution is 2.27. The molecule has 5 nitrogen and oxygen atoms in total. The van der Waals surface area contributed by atoms with Crippen LogP contribution in [-0.4, -0.2) is 42.1 Å². The number of carbonyl (C=O) groups excluding carboxylic acids is 2. The Hall–Kier alpha value is -2.41. The average molecular weight is 449 g/mol. The summed E-state index contributed by atoms with van der Waals surface area (Å²) < 4.78 is 21.1. The highest BCUT2D eigenvalue weighted by atomic mass is 79.9. The summed E-state index contributed by atoms with van der Waals surface area (Å²) in [7, 11) is 0. The van der Waals surface area contributed by atoms with Gasteiger partial charge in [0.25, 0.3) is 5.91 Å². The Balaban J connectivity index is 1.61. The number of likely N-dealkylation sites (tertiary alicyclic amines) is 1. The minimum atomic E-state index is -1.35. The van der Waals surface area contributed by atoms with E-state index < -0.39 is 18.2 Å². The number of rotatable bonds is 5. The molecule has 0 radical (unpaired) electrons. The van der Waals surface area contributed by atoms with Gasteiger partial charge in [-0.25, -0.2) is 4.39 Å². The molecule has 0 unspecified atom stereocenters. The number of aryl methyl sites for hydroxylation is 1. The first-order chi connectivity index (χ1) is 13.3. The van der Waals surface area contributed by atoms with E-state index in [2.05, 4.69) is 15.9 Å². The Bertz CT molecular complexity index is 872. The topological polar surface area (TPSA) is 72.6 Å². The number of halogens is 2. The molecule has 2 N–H and O–H groups in total. The summed E-state index contributed by atoms with van der Waals surface area (Å²) in [5.74, 6) is -0.494. The summed E-state index contributed by atoms with van der Waals surface area (Å²) in [5, 5.41) is 0. The number of alkyl halides is 1. The largest absolute Gasteiger partial charge is 0.486 e. The Kier molecular flexibility index (Phi) is 6.34. The minimum Gasteiger partial charge on any atom is -0.486 e. The van der Waals surface area contributed by atoms with E-state index in [0.29, 0.717) is 17.4 Å². The number of piperidine rings is 1. The molecular weight excluding hydrogens is 427 g/mol. The maximum Gasteiger partial charge on any atom is 0.252 e. The van der Waals surface area contributed by atoms with Crippen molar-refractivity contribution in [2.24, 2.45) is 5.73 Å². The quantitative estimate of drug-likeness (QED) is 0.761. The van der Waals surface area contributed by atoms with Crippen LogP contribution in [0.25, 0.3) is 0 Å². The van der Waals surface area contributed by atoms with E-state index >= 15 is 0 Å². The predicted molar refractivity (Wildman–Crippen MR) is 108 cm³/mol. The van der Waals surface area contributed by atoms with Crippen LogP contribution in [0.2, 0.25) is 0 Å². The molecule has 2 amide bonds. The van der Waals surface area contributed by atoms with Gasteiger partial charge in [-0.05, 0) is 30.7 Å². The van der Waals surface area contributed by atoms with Crippen LogP contribution in [0.4, 0.5) is 4.39 Å². The molecule has 0 bridgehead atoms. The summed E-state index contributed by atoms with van der Waals surface area (Å²) >= 11 is 3.27. The van der Waals surface area contributed by atoms with Crippen LogP contribution < -0.4 is 10.5 Å². The number of hydrogen-bond donors (Lipinski definition) is 1. The van der Waals surface area contributed by atoms with Crippen LogP contribution in [0.1, 0.15) is 27.9 Å². The van der Waals surface area contributed by atoms with Gasteiger partial charge in [0.2, 0.25) is 5.91 Å². The lowest BCUT2D eigenvalue weighted by molar-refractivity contribution is -0.134. The number of ether oxygens (including phenoxy) is 1. The summed E-state index contributed by atoms with van der Waals surface area (Å²) in [6.45, 7) is 2.36. The molecule has 1 heterocycles. The molecule has 0 spiro atoms. The Labute approximate surface area is 171 Å². The summed E-state index contributed by atoms with van der Waals surface area (Å²) in [4.78, 5) is 25.6. The third-order valence-corrected chi connectivity index (χ3v) is 5.29. The zero-order chi connectivity index (χ0) is 20.3. The fourth-order valence-electron chi connectivity index (χ4n) is 3.20. The molecule has 2 aromatic carbocycles. The van der Waals surface area contributed by atoms with Crippen molar-refractivity contribution < 1.29 is 18.7 Å². The molecule has 1 saturated heterocycles. The summed E-state index contributed by atoms with van der Waals surface area (Å²) in [5.41, 5.74) is 7.61. The molecular formula is C21H22BrFN2O3. The fraction of sp³-hybridized carbons (Fsp3) is 0.333. The van der Waals surface area contributed by atoms with Crippen LogP contribution >= 0.6 is 15.9 Å². The van der Waals surface area contributed by atoms with Crippen LogP contribution in [0, 0.1) is 6.92 Å². The van der Waals surface area contributed by atoms with Crippen molar-refractivity contribution in [1.29, 1.82) is 0 Å². The van der Waals surface area contributed by atoms with E-state index in [1.807, 2.05) is 31.2 Å². The van der Waals surface area contributed by atoms with Crippen molar-refractivity contribution >= 4 is 27.7 Å². The number of benzene rings is 2. The first-order valence-corrected chi connectivity index (χ1v) is 9.86. The zero-order valence-corrected chi connectivity index (χ0v) is 17.1. The number of primary amides is 1. The molecule has 0 aromatic heterocycles. The van der Waals surface area contributed by atoms with Gasteiger partial charge in [-0.3, -0.25) is 9.59 Å². The van der Waals surface area contributed by atoms with Gasteiger partial charge in [-0.2, -0.15) is 0 Å². The molecule has 2 aromatic rings. The third kappa shape index (κ3) is 4.90. The average Bonchev–Trinajstić information content (AvgIpc) is 2.66. The molecule has 2 atom stereocenters. The third-order valence-electron chi connectivity index (χ3n) is 4.80. The molecule has 28 heavy (non-hydrogen) atoms. The number of carbonyl (C=O) groups is 2. The van der Waals surface area contributed by atoms with E-state index in [-0.39, 0.29) is 30.2 Å². The number of amides is 2. The first kappa shape index (κ1) is 20.3. The van der Waals surface area contributed by atoms with E-state index in [4.69, 9.17) is 10.5 Å². The van der Waals surface area contributed by atoms with Crippen molar-refractivity contribution in [3.8, 4) is 5.75 Å². The molecule has 3 rings (SSSR count). The second kappa shape index (κ2) is 8.73. The molecule has 1 aliphatic rings. The summed E-state index contributed by atoms with van der Waals surface area (Å²) in [6, 6.07) is 12.6. The molecule has 148 valence electrons. The Morgan fingerprint density at radius 1 is 1.25 bits per heavy atom. The van der Waals surface area contributed by atoms with Gasteiger partial charge < -0.3 is 15.4 Å². The number of nitrogens with two attached hydrogens (primary N) is 1. The maximum absolute atomic E-state index is 14.7. The second-order valence-electron chi connectivity index (χ2n) is 6.97. The zero-order valence-electron chi connectivity index (χ0n) is 15.5. The number of nitrogens with zero attached hydrogens (tertiary/aromatic N) is 1. The first-order valence-electron chi connectivity index (χ1n) is 9.07. The fourth-order valence-corrected chi connectivity index (χ4v) is 3.56. The lowest BCUT2D eigenvalue weighted by Crippen LogP contribution is -2.49. The van der Waals surface area contributed by atoms with Crippen LogP contribution in [-0.2, 0) is 11.2 Å². The molecule has 1 fully saturated rings. The van der Waals surface area contributed by atoms with Gasteiger partial charge in [0.05, 0.1) is 18.5 Å². The van der Waals surface area contributed by atoms with E-state index in [9.17, 15) is 14.0 Å². The van der Waals surface area contributed by atoms with Crippen LogP contribution in [0.5, 0.6) is 5.75 Å². The number of hydrogen-bond acceptors (Lipinski definition) is 3. The van der Waals surface area contributed by atoms with Gasteiger partial charge in [0.15, 0.2) is 6.17 Å². The van der Waals surface area contributed by atoms with Gasteiger partial charge in [-0.15, -0.1) is 0 Å². The van der Waals surface area contributed by atoms with Crippen molar-refractivity contribution in [3.05, 3.63) is 63.6 Å². The van der Waals surface area contributed by atoms with Crippen molar-refractivity contribution in [2.45, 2.75) is 32.0 Å². The molecule has 0 aliphatic carbocycles. The van der Waals surface area contributed by atoms with Crippen molar-refractivity contribution in [3.63, 3.8) is 0 Å². The molecule has 7 heteroatoms. The van der Waals surface area contributed by atoms with Crippen LogP contribution in [0.15, 0.2) is 46.9 Å². The monoisotopic (exact) mass is 448 g/mol. The normalized spacial score (nSPS) is 19.3. The lowest BCUT2D eigenvalue weighted by Gasteiger charge is -2.35. The second-order valence-corrected chi connectivity index (χ2v) is 7.88. The van der Waals surface area contributed by atoms with E-state index in [0.717, 1.165) is 11.1 Å². The standard InChI is InChI=1S/C21H22BrFN2O3/c1-13-2-4-14(5-3-13)10-20(26)25-9-8-19(17(23)12-25)28-18-7-6-15(22)11-16(18)21(24)27/h2-7,11,17,19H,8-10,12H2,1H3,(H2,24,27)/t17-,19+/m1/s1. The van der Waals surface area contributed by atoms with Crippen molar-refractivity contribution in [1.82, 2.24) is 4.90 Å².